The molecule has 8 nitrogen and oxygen atoms in total. The quantitative estimate of drug-likeness (QED) is 0.499. The molecule has 2 aromatic carbocycles. The molecular formula is C29H38N2O6. The van der Waals surface area contributed by atoms with Crippen LogP contribution in [0.25, 0.3) is 0 Å². The number of carbonyl (C=O) groups excluding carboxylic acids is 2. The van der Waals surface area contributed by atoms with Crippen molar-refractivity contribution in [2.75, 3.05) is 26.8 Å². The maximum atomic E-state index is 13.3. The van der Waals surface area contributed by atoms with Crippen molar-refractivity contribution in [2.24, 2.45) is 11.3 Å². The van der Waals surface area contributed by atoms with Crippen LogP contribution in [0.2, 0.25) is 0 Å². The second-order valence-corrected chi connectivity index (χ2v) is 10.5. The first-order valence-corrected chi connectivity index (χ1v) is 13.0. The molecule has 1 heterocycles. The Hall–Kier alpha value is -3.26. The summed E-state index contributed by atoms with van der Waals surface area (Å²) in [5, 5.41) is 13.4. The molecule has 0 radical (unpaired) electrons. The molecule has 1 aliphatic carbocycles. The Morgan fingerprint density at radius 3 is 2.51 bits per heavy atom. The van der Waals surface area contributed by atoms with E-state index in [9.17, 15) is 14.7 Å². The van der Waals surface area contributed by atoms with Gasteiger partial charge in [0, 0.05) is 24.4 Å². The van der Waals surface area contributed by atoms with E-state index < -0.39 is 23.7 Å². The van der Waals surface area contributed by atoms with Gasteiger partial charge in [0.15, 0.2) is 11.5 Å². The van der Waals surface area contributed by atoms with E-state index in [0.717, 1.165) is 11.1 Å². The Morgan fingerprint density at radius 1 is 1.14 bits per heavy atom. The molecule has 8 heteroatoms. The number of hydrogen-bond acceptors (Lipinski definition) is 6. The first-order chi connectivity index (χ1) is 17.7. The van der Waals surface area contributed by atoms with E-state index in [4.69, 9.17) is 14.2 Å². The smallest absolute Gasteiger partial charge is 0.408 e. The van der Waals surface area contributed by atoms with E-state index in [-0.39, 0.29) is 18.4 Å². The number of aliphatic hydroxyl groups excluding tert-OH is 1. The molecule has 1 saturated heterocycles. The topological polar surface area (TPSA) is 97.3 Å². The van der Waals surface area contributed by atoms with Gasteiger partial charge in [0.25, 0.3) is 0 Å². The molecule has 4 rings (SSSR count). The summed E-state index contributed by atoms with van der Waals surface area (Å²) in [4.78, 5) is 27.3. The second-order valence-electron chi connectivity index (χ2n) is 10.5. The van der Waals surface area contributed by atoms with E-state index in [0.29, 0.717) is 37.1 Å². The molecule has 37 heavy (non-hydrogen) atoms. The number of carbonyl (C=O) groups is 2. The van der Waals surface area contributed by atoms with Crippen molar-refractivity contribution in [3.8, 4) is 11.5 Å². The monoisotopic (exact) mass is 510 g/mol. The molecule has 4 atom stereocenters. The highest BCUT2D eigenvalue weighted by molar-refractivity contribution is 5.85. The number of amides is 2. The van der Waals surface area contributed by atoms with Crippen LogP contribution in [0.15, 0.2) is 48.5 Å². The van der Waals surface area contributed by atoms with Gasteiger partial charge in [-0.15, -0.1) is 0 Å². The molecule has 2 fully saturated rings. The number of methoxy groups -OCH3 is 1. The van der Waals surface area contributed by atoms with Gasteiger partial charge in [-0.2, -0.15) is 0 Å². The van der Waals surface area contributed by atoms with Crippen molar-refractivity contribution < 1.29 is 28.9 Å². The van der Waals surface area contributed by atoms with Crippen molar-refractivity contribution in [1.82, 2.24) is 10.2 Å². The maximum Gasteiger partial charge on any atom is 0.408 e. The van der Waals surface area contributed by atoms with Crippen LogP contribution in [-0.4, -0.2) is 61.0 Å². The minimum atomic E-state index is -0.770. The van der Waals surface area contributed by atoms with Gasteiger partial charge in [-0.25, -0.2) is 4.79 Å². The van der Waals surface area contributed by atoms with E-state index in [2.05, 4.69) is 5.32 Å². The van der Waals surface area contributed by atoms with Crippen LogP contribution in [0.3, 0.4) is 0 Å². The van der Waals surface area contributed by atoms with E-state index in [1.54, 1.807) is 25.9 Å². The lowest BCUT2D eigenvalue weighted by molar-refractivity contribution is -0.132. The van der Waals surface area contributed by atoms with Gasteiger partial charge in [0.05, 0.1) is 19.8 Å². The van der Waals surface area contributed by atoms with Gasteiger partial charge in [-0.1, -0.05) is 43.3 Å². The highest BCUT2D eigenvalue weighted by atomic mass is 16.5. The largest absolute Gasteiger partial charge is 0.493 e. The van der Waals surface area contributed by atoms with Crippen LogP contribution < -0.4 is 14.8 Å². The zero-order valence-corrected chi connectivity index (χ0v) is 22.1. The van der Waals surface area contributed by atoms with Crippen LogP contribution >= 0.6 is 0 Å². The van der Waals surface area contributed by atoms with Crippen LogP contribution in [0.4, 0.5) is 4.79 Å². The Labute approximate surface area is 218 Å². The first kappa shape index (κ1) is 26.8. The standard InChI is InChI=1S/C29H38N2O6/c1-19(30-28(34)37-17-21-8-6-5-7-9-21)27(33)31-15-24(29(3,18-31)20(2)32)23-12-13-25(35-4)26(14-23)36-16-22-10-11-22/h5-9,12-14,19-20,22,24,32H,10-11,15-18H2,1-4H3,(H,30,34). The van der Waals surface area contributed by atoms with E-state index >= 15 is 0 Å². The summed E-state index contributed by atoms with van der Waals surface area (Å²) in [5.74, 6) is 1.61. The van der Waals surface area contributed by atoms with Gasteiger partial charge in [-0.05, 0) is 55.9 Å². The number of hydrogen-bond donors (Lipinski definition) is 2. The van der Waals surface area contributed by atoms with Crippen molar-refractivity contribution in [2.45, 2.75) is 58.3 Å². The third-order valence-electron chi connectivity index (χ3n) is 7.68. The predicted octanol–water partition coefficient (Wildman–Crippen LogP) is 4.11. The average molecular weight is 511 g/mol. The molecule has 0 aromatic heterocycles. The number of rotatable bonds is 10. The summed E-state index contributed by atoms with van der Waals surface area (Å²) >= 11 is 0. The highest BCUT2D eigenvalue weighted by Crippen LogP contribution is 2.47. The molecule has 2 aliphatic rings. The van der Waals surface area contributed by atoms with Gasteiger partial charge in [-0.3, -0.25) is 4.79 Å². The lowest BCUT2D eigenvalue weighted by atomic mass is 9.72. The van der Waals surface area contributed by atoms with Gasteiger partial charge in [0.1, 0.15) is 12.6 Å². The Balaban J connectivity index is 1.43. The number of aliphatic hydroxyl groups is 1. The van der Waals surface area contributed by atoms with Crippen LogP contribution in [0.5, 0.6) is 11.5 Å². The number of likely N-dealkylation sites (tertiary alicyclic amines) is 1. The number of benzene rings is 2. The predicted molar refractivity (Wildman–Crippen MR) is 140 cm³/mol. The zero-order valence-electron chi connectivity index (χ0n) is 22.1. The fourth-order valence-corrected chi connectivity index (χ4v) is 4.88. The molecule has 0 bridgehead atoms. The van der Waals surface area contributed by atoms with Crippen LogP contribution in [0, 0.1) is 11.3 Å². The minimum absolute atomic E-state index is 0.122. The van der Waals surface area contributed by atoms with Crippen molar-refractivity contribution in [3.05, 3.63) is 59.7 Å². The Bertz CT molecular complexity index is 1090. The summed E-state index contributed by atoms with van der Waals surface area (Å²) in [6.45, 7) is 6.97. The van der Waals surface area contributed by atoms with Crippen LogP contribution in [-0.2, 0) is 16.1 Å². The zero-order chi connectivity index (χ0) is 26.6. The highest BCUT2D eigenvalue weighted by Gasteiger charge is 2.49. The number of nitrogens with one attached hydrogen (secondary N) is 1. The minimum Gasteiger partial charge on any atom is -0.493 e. The lowest BCUT2D eigenvalue weighted by Crippen LogP contribution is -2.47. The maximum absolute atomic E-state index is 13.3. The van der Waals surface area contributed by atoms with Gasteiger partial charge in [0.2, 0.25) is 5.91 Å². The van der Waals surface area contributed by atoms with Crippen molar-refractivity contribution >= 4 is 12.0 Å². The molecule has 2 amide bonds. The first-order valence-electron chi connectivity index (χ1n) is 13.0. The molecule has 2 N–H and O–H groups in total. The second kappa shape index (κ2) is 11.4. The lowest BCUT2D eigenvalue weighted by Gasteiger charge is -2.34. The summed E-state index contributed by atoms with van der Waals surface area (Å²) < 4.78 is 16.8. The summed E-state index contributed by atoms with van der Waals surface area (Å²) in [6, 6.07) is 14.4. The molecule has 1 aliphatic heterocycles. The van der Waals surface area contributed by atoms with Crippen LogP contribution in [0.1, 0.15) is 50.7 Å². The molecular weight excluding hydrogens is 472 g/mol. The van der Waals surface area contributed by atoms with Crippen molar-refractivity contribution in [1.29, 1.82) is 0 Å². The fraction of sp³-hybridized carbons (Fsp3) is 0.517. The average Bonchev–Trinajstić information content (AvgIpc) is 3.66. The van der Waals surface area contributed by atoms with Gasteiger partial charge < -0.3 is 29.5 Å². The molecule has 2 aromatic rings. The third-order valence-corrected chi connectivity index (χ3v) is 7.68. The summed E-state index contributed by atoms with van der Waals surface area (Å²) in [5.41, 5.74) is 1.27. The normalized spacial score (nSPS) is 22.7. The van der Waals surface area contributed by atoms with E-state index in [1.165, 1.54) is 12.8 Å². The molecule has 0 spiro atoms. The van der Waals surface area contributed by atoms with E-state index in [1.807, 2.05) is 55.5 Å². The number of ether oxygens (including phenoxy) is 3. The SMILES string of the molecule is COc1ccc(C2CN(C(=O)C(C)NC(=O)OCc3ccccc3)CC2(C)C(C)O)cc1OCC1CC1. The molecule has 1 saturated carbocycles. The third kappa shape index (κ3) is 6.36. The summed E-state index contributed by atoms with van der Waals surface area (Å²) in [7, 11) is 1.62. The molecule has 200 valence electrons. The van der Waals surface area contributed by atoms with Crippen molar-refractivity contribution in [3.63, 3.8) is 0 Å². The van der Waals surface area contributed by atoms with Gasteiger partial charge >= 0.3 is 6.09 Å². The Kier molecular flexibility index (Phi) is 8.27. The summed E-state index contributed by atoms with van der Waals surface area (Å²) in [6.07, 6.45) is 1.07. The number of alkyl carbamates (subject to hydrolysis) is 1. The number of nitrogens with zero attached hydrogens (tertiary/aromatic N) is 1. The Morgan fingerprint density at radius 2 is 1.86 bits per heavy atom. The molecule has 4 unspecified atom stereocenters. The fourth-order valence-electron chi connectivity index (χ4n) is 4.88.